The molecule has 0 bridgehead atoms. The third-order valence-electron chi connectivity index (χ3n) is 2.83. The van der Waals surface area contributed by atoms with E-state index in [0.717, 1.165) is 41.6 Å². The molecule has 1 aliphatic carbocycles. The molecule has 0 N–H and O–H groups in total. The summed E-state index contributed by atoms with van der Waals surface area (Å²) in [4.78, 5) is 10.7. The minimum atomic E-state index is 0.849. The highest BCUT2D eigenvalue weighted by Crippen LogP contribution is 2.29. The van der Waals surface area contributed by atoms with Gasteiger partial charge in [-0.2, -0.15) is 0 Å². The van der Waals surface area contributed by atoms with E-state index in [1.54, 1.807) is 7.11 Å². The lowest BCUT2D eigenvalue weighted by Gasteiger charge is -2.16. The molecule has 0 heterocycles. The highest BCUT2D eigenvalue weighted by Gasteiger charge is 2.12. The van der Waals surface area contributed by atoms with E-state index < -0.39 is 0 Å². The first-order valence-corrected chi connectivity index (χ1v) is 5.08. The molecule has 2 heteroatoms. The Morgan fingerprint density at radius 3 is 2.80 bits per heavy atom. The molecule has 78 valence electrons. The van der Waals surface area contributed by atoms with Gasteiger partial charge < -0.3 is 4.74 Å². The molecule has 1 aromatic carbocycles. The number of fused-ring (bicyclic) bond motifs is 1. The zero-order valence-corrected chi connectivity index (χ0v) is 9.04. The lowest BCUT2D eigenvalue weighted by Crippen LogP contribution is -2.01. The van der Waals surface area contributed by atoms with Crippen LogP contribution in [-0.2, 0) is 11.2 Å². The monoisotopic (exact) mass is 202 g/mol. The maximum Gasteiger partial charge on any atom is 0.146 e. The third kappa shape index (κ3) is 1.80. The molecular weight excluding hydrogens is 188 g/mol. The zero-order chi connectivity index (χ0) is 10.8. The van der Waals surface area contributed by atoms with Crippen molar-refractivity contribution in [3.05, 3.63) is 34.4 Å². The summed E-state index contributed by atoms with van der Waals surface area (Å²) >= 11 is 0. The van der Waals surface area contributed by atoms with Crippen molar-refractivity contribution in [2.75, 3.05) is 7.11 Å². The van der Waals surface area contributed by atoms with Crippen molar-refractivity contribution >= 4 is 12.4 Å². The maximum absolute atomic E-state index is 10.7. The normalized spacial score (nSPS) is 14.1. The Bertz CT molecular complexity index is 430. The van der Waals surface area contributed by atoms with E-state index in [1.807, 2.05) is 19.1 Å². The maximum atomic E-state index is 10.7. The molecule has 0 atom stereocenters. The van der Waals surface area contributed by atoms with Gasteiger partial charge in [0, 0.05) is 0 Å². The first-order chi connectivity index (χ1) is 7.24. The van der Waals surface area contributed by atoms with Crippen molar-refractivity contribution in [2.24, 2.45) is 0 Å². The number of rotatable bonds is 2. The van der Waals surface area contributed by atoms with Crippen LogP contribution in [0, 0.1) is 6.92 Å². The molecule has 0 saturated carbocycles. The van der Waals surface area contributed by atoms with E-state index >= 15 is 0 Å². The predicted molar refractivity (Wildman–Crippen MR) is 60.1 cm³/mol. The summed E-state index contributed by atoms with van der Waals surface area (Å²) in [6.45, 7) is 2.04. The number of hydrogen-bond donors (Lipinski definition) is 0. The van der Waals surface area contributed by atoms with Crippen LogP contribution < -0.4 is 4.74 Å². The lowest BCUT2D eigenvalue weighted by molar-refractivity contribution is -0.105. The fourth-order valence-corrected chi connectivity index (χ4v) is 1.98. The van der Waals surface area contributed by atoms with Crippen LogP contribution in [0.25, 0.3) is 6.08 Å². The van der Waals surface area contributed by atoms with Crippen LogP contribution in [0.3, 0.4) is 0 Å². The SMILES string of the molecule is COc1cc2c(cc1C)CCC(C=O)=C2. The second kappa shape index (κ2) is 3.89. The number of carbonyl (C=O) groups excluding carboxylic acids is 1. The molecule has 0 radical (unpaired) electrons. The zero-order valence-electron chi connectivity index (χ0n) is 9.04. The van der Waals surface area contributed by atoms with E-state index in [4.69, 9.17) is 4.74 Å². The van der Waals surface area contributed by atoms with Gasteiger partial charge in [0.25, 0.3) is 0 Å². The van der Waals surface area contributed by atoms with Gasteiger partial charge in [-0.15, -0.1) is 0 Å². The minimum Gasteiger partial charge on any atom is -0.496 e. The largest absolute Gasteiger partial charge is 0.496 e. The highest BCUT2D eigenvalue weighted by molar-refractivity contribution is 5.83. The fraction of sp³-hybridized carbons (Fsp3) is 0.308. The lowest BCUT2D eigenvalue weighted by atomic mass is 9.91. The van der Waals surface area contributed by atoms with E-state index in [9.17, 15) is 4.79 Å². The molecular formula is C13H14O2. The van der Waals surface area contributed by atoms with Crippen LogP contribution in [0.4, 0.5) is 0 Å². The van der Waals surface area contributed by atoms with Crippen molar-refractivity contribution in [1.29, 1.82) is 0 Å². The van der Waals surface area contributed by atoms with E-state index in [1.165, 1.54) is 5.56 Å². The van der Waals surface area contributed by atoms with E-state index in [0.29, 0.717) is 0 Å². The van der Waals surface area contributed by atoms with Crippen molar-refractivity contribution in [2.45, 2.75) is 19.8 Å². The highest BCUT2D eigenvalue weighted by atomic mass is 16.5. The van der Waals surface area contributed by atoms with Gasteiger partial charge in [-0.3, -0.25) is 4.79 Å². The number of benzene rings is 1. The van der Waals surface area contributed by atoms with Crippen LogP contribution in [0.1, 0.15) is 23.1 Å². The summed E-state index contributed by atoms with van der Waals surface area (Å²) in [6, 6.07) is 4.15. The number of aldehydes is 1. The Morgan fingerprint density at radius 1 is 1.33 bits per heavy atom. The van der Waals surface area contributed by atoms with E-state index in [-0.39, 0.29) is 0 Å². The summed E-state index contributed by atoms with van der Waals surface area (Å²) in [5.74, 6) is 0.886. The van der Waals surface area contributed by atoms with Gasteiger partial charge in [0.05, 0.1) is 7.11 Å². The Kier molecular flexibility index (Phi) is 2.58. The summed E-state index contributed by atoms with van der Waals surface area (Å²) < 4.78 is 5.26. The van der Waals surface area contributed by atoms with Gasteiger partial charge in [0.2, 0.25) is 0 Å². The van der Waals surface area contributed by atoms with Crippen LogP contribution in [0.2, 0.25) is 0 Å². The smallest absolute Gasteiger partial charge is 0.146 e. The summed E-state index contributed by atoms with van der Waals surface area (Å²) in [5, 5.41) is 0. The second-order valence-corrected chi connectivity index (χ2v) is 3.86. The number of carbonyl (C=O) groups is 1. The molecule has 2 rings (SSSR count). The average Bonchev–Trinajstić information content (AvgIpc) is 2.27. The molecule has 0 amide bonds. The molecule has 0 aromatic heterocycles. The molecule has 0 unspecified atom stereocenters. The van der Waals surface area contributed by atoms with Gasteiger partial charge in [-0.25, -0.2) is 0 Å². The molecule has 1 aromatic rings. The summed E-state index contributed by atoms with van der Waals surface area (Å²) in [6.07, 6.45) is 4.69. The summed E-state index contributed by atoms with van der Waals surface area (Å²) in [7, 11) is 1.67. The third-order valence-corrected chi connectivity index (χ3v) is 2.83. The van der Waals surface area contributed by atoms with Gasteiger partial charge >= 0.3 is 0 Å². The first-order valence-electron chi connectivity index (χ1n) is 5.08. The number of methoxy groups -OCH3 is 1. The molecule has 0 aliphatic heterocycles. The van der Waals surface area contributed by atoms with Gasteiger partial charge in [-0.05, 0) is 54.2 Å². The molecule has 2 nitrogen and oxygen atoms in total. The van der Waals surface area contributed by atoms with Crippen molar-refractivity contribution in [1.82, 2.24) is 0 Å². The molecule has 0 saturated heterocycles. The van der Waals surface area contributed by atoms with Crippen molar-refractivity contribution in [3.8, 4) is 5.75 Å². The Labute approximate surface area is 89.6 Å². The number of ether oxygens (including phenoxy) is 1. The minimum absolute atomic E-state index is 0.849. The molecule has 0 spiro atoms. The quantitative estimate of drug-likeness (QED) is 0.689. The molecule has 1 aliphatic rings. The number of allylic oxidation sites excluding steroid dienone is 1. The average molecular weight is 202 g/mol. The fourth-order valence-electron chi connectivity index (χ4n) is 1.98. The number of hydrogen-bond acceptors (Lipinski definition) is 2. The van der Waals surface area contributed by atoms with E-state index in [2.05, 4.69) is 6.07 Å². The Hall–Kier alpha value is -1.57. The topological polar surface area (TPSA) is 26.3 Å². The predicted octanol–water partition coefficient (Wildman–Crippen LogP) is 2.53. The Balaban J connectivity index is 2.51. The molecule has 15 heavy (non-hydrogen) atoms. The van der Waals surface area contributed by atoms with Crippen LogP contribution in [0.15, 0.2) is 17.7 Å². The Morgan fingerprint density at radius 2 is 2.13 bits per heavy atom. The number of aryl methyl sites for hydroxylation is 2. The van der Waals surface area contributed by atoms with Crippen LogP contribution in [-0.4, -0.2) is 13.4 Å². The first kappa shape index (κ1) is 9.97. The van der Waals surface area contributed by atoms with Crippen LogP contribution in [0.5, 0.6) is 5.75 Å². The van der Waals surface area contributed by atoms with Gasteiger partial charge in [0.15, 0.2) is 0 Å². The summed E-state index contributed by atoms with van der Waals surface area (Å²) in [5.41, 5.74) is 4.44. The van der Waals surface area contributed by atoms with Gasteiger partial charge in [-0.1, -0.05) is 6.07 Å². The van der Waals surface area contributed by atoms with Crippen molar-refractivity contribution in [3.63, 3.8) is 0 Å². The van der Waals surface area contributed by atoms with Gasteiger partial charge in [0.1, 0.15) is 12.0 Å². The standard InChI is InChI=1S/C13H14O2/c1-9-5-11-4-3-10(8-14)6-12(11)7-13(9)15-2/h5-8H,3-4H2,1-2H3. The van der Waals surface area contributed by atoms with Crippen LogP contribution >= 0.6 is 0 Å². The second-order valence-electron chi connectivity index (χ2n) is 3.86. The molecule has 0 fully saturated rings. The van der Waals surface area contributed by atoms with Crippen molar-refractivity contribution < 1.29 is 9.53 Å².